The number of ether oxygens (including phenoxy) is 2. The minimum Gasteiger partial charge on any atom is -0.494 e. The number of thiophene rings is 1. The fourth-order valence-corrected chi connectivity index (χ4v) is 4.07. The Balaban J connectivity index is 1.49. The minimum atomic E-state index is -0.750. The molecule has 2 N–H and O–H groups in total. The molecule has 1 atom stereocenters. The van der Waals surface area contributed by atoms with Crippen LogP contribution >= 0.6 is 11.3 Å². The molecule has 1 aliphatic carbocycles. The smallest absolute Gasteiger partial charge is 0.279 e. The maximum Gasteiger partial charge on any atom is 0.279 e. The molecule has 1 unspecified atom stereocenters. The molecule has 0 saturated carbocycles. The number of hydrazine groups is 1. The second-order valence-corrected chi connectivity index (χ2v) is 7.51. The molecule has 3 rings (SSSR count). The van der Waals surface area contributed by atoms with E-state index in [9.17, 15) is 9.59 Å². The summed E-state index contributed by atoms with van der Waals surface area (Å²) in [7, 11) is 0. The first kappa shape index (κ1) is 19.2. The number of hydrogen-bond donors (Lipinski definition) is 2. The molecule has 7 heteroatoms. The van der Waals surface area contributed by atoms with Gasteiger partial charge in [-0.25, -0.2) is 0 Å². The summed E-state index contributed by atoms with van der Waals surface area (Å²) in [6.45, 7) is 4.13. The van der Waals surface area contributed by atoms with Gasteiger partial charge in [0, 0.05) is 4.88 Å². The predicted octanol–water partition coefficient (Wildman–Crippen LogP) is 3.25. The fourth-order valence-electron chi connectivity index (χ4n) is 2.92. The Morgan fingerprint density at radius 3 is 2.52 bits per heavy atom. The third kappa shape index (κ3) is 5.01. The summed E-state index contributed by atoms with van der Waals surface area (Å²) in [4.78, 5) is 26.4. The summed E-state index contributed by atoms with van der Waals surface area (Å²) in [5.41, 5.74) is 6.16. The highest BCUT2D eigenvalue weighted by atomic mass is 32.1. The van der Waals surface area contributed by atoms with Crippen molar-refractivity contribution >= 4 is 23.2 Å². The van der Waals surface area contributed by atoms with Crippen LogP contribution in [-0.4, -0.2) is 24.5 Å². The van der Waals surface area contributed by atoms with E-state index in [0.29, 0.717) is 17.2 Å². The van der Waals surface area contributed by atoms with Gasteiger partial charge in [0.05, 0.1) is 11.5 Å². The van der Waals surface area contributed by atoms with Gasteiger partial charge >= 0.3 is 0 Å². The van der Waals surface area contributed by atoms with Crippen molar-refractivity contribution in [3.05, 3.63) is 45.6 Å². The molecule has 0 aliphatic heterocycles. The van der Waals surface area contributed by atoms with Gasteiger partial charge in [-0.2, -0.15) is 0 Å². The summed E-state index contributed by atoms with van der Waals surface area (Å²) >= 11 is 1.50. The number of amides is 2. The Morgan fingerprint density at radius 1 is 1.11 bits per heavy atom. The van der Waals surface area contributed by atoms with Crippen molar-refractivity contribution in [1.29, 1.82) is 0 Å². The quantitative estimate of drug-likeness (QED) is 0.745. The van der Waals surface area contributed by atoms with Gasteiger partial charge < -0.3 is 9.47 Å². The van der Waals surface area contributed by atoms with Crippen molar-refractivity contribution in [3.63, 3.8) is 0 Å². The zero-order chi connectivity index (χ0) is 19.2. The first-order chi connectivity index (χ1) is 13.1. The number of fused-ring (bicyclic) bond motifs is 1. The molecule has 1 aromatic heterocycles. The van der Waals surface area contributed by atoms with Crippen LogP contribution in [0.3, 0.4) is 0 Å². The van der Waals surface area contributed by atoms with E-state index in [4.69, 9.17) is 9.47 Å². The number of carbonyl (C=O) groups is 2. The zero-order valence-electron chi connectivity index (χ0n) is 15.5. The molecule has 27 heavy (non-hydrogen) atoms. The molecule has 0 radical (unpaired) electrons. The number of aryl methyl sites for hydroxylation is 2. The van der Waals surface area contributed by atoms with Crippen molar-refractivity contribution in [2.45, 2.75) is 45.6 Å². The molecule has 2 amide bonds. The van der Waals surface area contributed by atoms with Crippen LogP contribution in [-0.2, 0) is 17.6 Å². The van der Waals surface area contributed by atoms with Gasteiger partial charge in [0.2, 0.25) is 0 Å². The summed E-state index contributed by atoms with van der Waals surface area (Å²) < 4.78 is 11.0. The first-order valence-corrected chi connectivity index (χ1v) is 9.99. The molecular weight excluding hydrogens is 364 g/mol. The Kier molecular flexibility index (Phi) is 6.34. The first-order valence-electron chi connectivity index (χ1n) is 9.18. The number of benzene rings is 1. The van der Waals surface area contributed by atoms with Crippen LogP contribution in [0.25, 0.3) is 0 Å². The highest BCUT2D eigenvalue weighted by molar-refractivity contribution is 7.14. The topological polar surface area (TPSA) is 76.7 Å². The molecule has 0 saturated heterocycles. The molecule has 1 aliphatic rings. The van der Waals surface area contributed by atoms with Crippen LogP contribution in [0.15, 0.2) is 30.3 Å². The van der Waals surface area contributed by atoms with E-state index in [2.05, 4.69) is 10.9 Å². The summed E-state index contributed by atoms with van der Waals surface area (Å²) in [5, 5.41) is 0. The molecule has 0 fully saturated rings. The van der Waals surface area contributed by atoms with Gasteiger partial charge in [0.1, 0.15) is 11.5 Å². The van der Waals surface area contributed by atoms with Gasteiger partial charge in [-0.1, -0.05) is 0 Å². The minimum absolute atomic E-state index is 0.295. The molecule has 0 spiro atoms. The van der Waals surface area contributed by atoms with Crippen molar-refractivity contribution in [2.75, 3.05) is 6.61 Å². The molecule has 0 bridgehead atoms. The predicted molar refractivity (Wildman–Crippen MR) is 104 cm³/mol. The van der Waals surface area contributed by atoms with Gasteiger partial charge in [-0.15, -0.1) is 11.3 Å². The van der Waals surface area contributed by atoms with Crippen LogP contribution in [0.1, 0.15) is 46.8 Å². The monoisotopic (exact) mass is 388 g/mol. The zero-order valence-corrected chi connectivity index (χ0v) is 16.4. The molecule has 6 nitrogen and oxygen atoms in total. The van der Waals surface area contributed by atoms with E-state index in [0.717, 1.165) is 18.6 Å². The number of nitrogens with one attached hydrogen (secondary N) is 2. The largest absolute Gasteiger partial charge is 0.494 e. The second-order valence-electron chi connectivity index (χ2n) is 6.37. The van der Waals surface area contributed by atoms with Crippen LogP contribution < -0.4 is 20.3 Å². The lowest BCUT2D eigenvalue weighted by Gasteiger charge is -2.15. The Bertz CT molecular complexity index is 777. The van der Waals surface area contributed by atoms with Gasteiger partial charge in [-0.05, 0) is 75.4 Å². The van der Waals surface area contributed by atoms with Crippen LogP contribution in [0, 0.1) is 0 Å². The van der Waals surface area contributed by atoms with E-state index in [1.54, 1.807) is 31.2 Å². The van der Waals surface area contributed by atoms with Crippen molar-refractivity contribution in [1.82, 2.24) is 10.9 Å². The summed E-state index contributed by atoms with van der Waals surface area (Å²) in [6.07, 6.45) is 3.65. The van der Waals surface area contributed by atoms with Gasteiger partial charge in [0.25, 0.3) is 11.8 Å². The molecule has 2 aromatic rings. The lowest BCUT2D eigenvalue weighted by atomic mass is 9.99. The standard InChI is InChI=1S/C20H24N2O4S/c1-3-25-15-8-10-16(11-9-15)26-13(2)19(23)21-22-20(24)18-12-14-6-4-5-7-17(14)27-18/h8-13H,3-7H2,1-2H3,(H,21,23)(H,22,24). The van der Waals surface area contributed by atoms with E-state index >= 15 is 0 Å². The number of hydrogen-bond acceptors (Lipinski definition) is 5. The summed E-state index contributed by atoms with van der Waals surface area (Å²) in [5.74, 6) is 0.584. The number of carbonyl (C=O) groups excluding carboxylic acids is 2. The SMILES string of the molecule is CCOc1ccc(OC(C)C(=O)NNC(=O)c2cc3c(s2)CCCC3)cc1. The van der Waals surface area contributed by atoms with Gasteiger partial charge in [-0.3, -0.25) is 20.4 Å². The van der Waals surface area contributed by atoms with E-state index in [1.807, 2.05) is 13.0 Å². The van der Waals surface area contributed by atoms with Crippen LogP contribution in [0.4, 0.5) is 0 Å². The van der Waals surface area contributed by atoms with E-state index in [1.165, 1.54) is 34.6 Å². The molecule has 144 valence electrons. The third-order valence-electron chi connectivity index (χ3n) is 4.34. The average Bonchev–Trinajstić information content (AvgIpc) is 3.12. The number of rotatable bonds is 6. The molecular formula is C20H24N2O4S. The molecule has 1 heterocycles. The van der Waals surface area contributed by atoms with Gasteiger partial charge in [0.15, 0.2) is 6.10 Å². The highest BCUT2D eigenvalue weighted by Gasteiger charge is 2.19. The van der Waals surface area contributed by atoms with Crippen LogP contribution in [0.2, 0.25) is 0 Å². The molecule has 1 aromatic carbocycles. The Morgan fingerprint density at radius 2 is 1.81 bits per heavy atom. The normalized spacial score (nSPS) is 14.0. The van der Waals surface area contributed by atoms with Crippen molar-refractivity contribution in [3.8, 4) is 11.5 Å². The third-order valence-corrected chi connectivity index (χ3v) is 5.57. The lowest BCUT2D eigenvalue weighted by molar-refractivity contribution is -0.128. The maximum atomic E-state index is 12.3. The lowest BCUT2D eigenvalue weighted by Crippen LogP contribution is -2.47. The Hall–Kier alpha value is -2.54. The van der Waals surface area contributed by atoms with E-state index in [-0.39, 0.29) is 5.91 Å². The fraction of sp³-hybridized carbons (Fsp3) is 0.400. The van der Waals surface area contributed by atoms with Crippen molar-refractivity contribution in [2.24, 2.45) is 0 Å². The average molecular weight is 388 g/mol. The highest BCUT2D eigenvalue weighted by Crippen LogP contribution is 2.29. The maximum absolute atomic E-state index is 12.3. The summed E-state index contributed by atoms with van der Waals surface area (Å²) in [6, 6.07) is 8.97. The Labute approximate surface area is 162 Å². The van der Waals surface area contributed by atoms with Crippen molar-refractivity contribution < 1.29 is 19.1 Å². The second kappa shape index (κ2) is 8.90. The van der Waals surface area contributed by atoms with Crippen LogP contribution in [0.5, 0.6) is 11.5 Å². The van der Waals surface area contributed by atoms with E-state index < -0.39 is 12.0 Å².